The molecule has 0 radical (unpaired) electrons. The molecule has 0 saturated heterocycles. The van der Waals surface area contributed by atoms with Crippen molar-refractivity contribution in [2.75, 3.05) is 20.2 Å². The van der Waals surface area contributed by atoms with E-state index in [1.165, 1.54) is 15.8 Å². The fraction of sp³-hybridized carbons (Fsp3) is 0.636. The molecule has 0 spiro atoms. The van der Waals surface area contributed by atoms with Gasteiger partial charge in [-0.05, 0) is 60.2 Å². The van der Waals surface area contributed by atoms with E-state index in [4.69, 9.17) is 5.11 Å². The number of nitrogens with zero attached hydrogens (tertiary/aromatic N) is 1. The molecule has 4 heteroatoms. The van der Waals surface area contributed by atoms with Crippen molar-refractivity contribution in [1.29, 1.82) is 0 Å². The predicted molar refractivity (Wildman–Crippen MR) is 69.3 cm³/mol. The van der Waals surface area contributed by atoms with Crippen LogP contribution >= 0.6 is 27.3 Å². The third kappa shape index (κ3) is 5.11. The van der Waals surface area contributed by atoms with E-state index in [9.17, 15) is 0 Å². The van der Waals surface area contributed by atoms with E-state index in [1.54, 1.807) is 11.3 Å². The van der Waals surface area contributed by atoms with Crippen LogP contribution in [-0.2, 0) is 6.54 Å². The second-order valence-electron chi connectivity index (χ2n) is 3.71. The highest BCUT2D eigenvalue weighted by molar-refractivity contribution is 9.10. The first kappa shape index (κ1) is 13.2. The van der Waals surface area contributed by atoms with Crippen LogP contribution in [0.4, 0.5) is 0 Å². The minimum atomic E-state index is 0.320. The van der Waals surface area contributed by atoms with Gasteiger partial charge in [-0.2, -0.15) is 0 Å². The van der Waals surface area contributed by atoms with Gasteiger partial charge in [-0.25, -0.2) is 0 Å². The number of hydrogen-bond acceptors (Lipinski definition) is 3. The number of rotatable bonds is 7. The molecule has 0 aliphatic rings. The second-order valence-corrected chi connectivity index (χ2v) is 5.57. The summed E-state index contributed by atoms with van der Waals surface area (Å²) in [7, 11) is 2.14. The number of aliphatic hydroxyl groups excluding tert-OH is 1. The zero-order valence-electron chi connectivity index (χ0n) is 9.08. The van der Waals surface area contributed by atoms with Crippen LogP contribution in [0.5, 0.6) is 0 Å². The Morgan fingerprint density at radius 2 is 2.20 bits per heavy atom. The summed E-state index contributed by atoms with van der Waals surface area (Å²) in [6.07, 6.45) is 3.21. The standard InChI is InChI=1S/C11H18BrNOS/c1-13(6-3-2-4-7-14)9-11-10(12)5-8-15-11/h5,8,14H,2-4,6-7,9H2,1H3. The molecule has 0 unspecified atom stereocenters. The molecule has 0 bridgehead atoms. The number of aliphatic hydroxyl groups is 1. The monoisotopic (exact) mass is 291 g/mol. The summed E-state index contributed by atoms with van der Waals surface area (Å²) in [6, 6.07) is 2.10. The molecule has 1 N–H and O–H groups in total. The van der Waals surface area contributed by atoms with Gasteiger partial charge < -0.3 is 10.0 Å². The van der Waals surface area contributed by atoms with Crippen molar-refractivity contribution in [1.82, 2.24) is 4.90 Å². The highest BCUT2D eigenvalue weighted by atomic mass is 79.9. The van der Waals surface area contributed by atoms with Crippen LogP contribution < -0.4 is 0 Å². The Bertz CT molecular complexity index is 277. The van der Waals surface area contributed by atoms with E-state index in [1.807, 2.05) is 0 Å². The predicted octanol–water partition coefficient (Wildman–Crippen LogP) is 3.11. The first-order valence-electron chi connectivity index (χ1n) is 5.25. The Labute approximate surface area is 104 Å². The summed E-state index contributed by atoms with van der Waals surface area (Å²) in [6.45, 7) is 2.43. The molecule has 0 saturated carbocycles. The zero-order chi connectivity index (χ0) is 11.1. The van der Waals surface area contributed by atoms with Gasteiger partial charge >= 0.3 is 0 Å². The molecule has 0 fully saturated rings. The number of unbranched alkanes of at least 4 members (excludes halogenated alkanes) is 2. The van der Waals surface area contributed by atoms with E-state index in [2.05, 4.69) is 39.3 Å². The average molecular weight is 292 g/mol. The number of hydrogen-bond donors (Lipinski definition) is 1. The molecule has 0 amide bonds. The van der Waals surface area contributed by atoms with Gasteiger partial charge in [0.15, 0.2) is 0 Å². The first-order valence-corrected chi connectivity index (χ1v) is 6.92. The lowest BCUT2D eigenvalue weighted by Crippen LogP contribution is -2.18. The van der Waals surface area contributed by atoms with Crippen molar-refractivity contribution in [3.05, 3.63) is 20.8 Å². The maximum Gasteiger partial charge on any atom is 0.0431 e. The van der Waals surface area contributed by atoms with E-state index in [-0.39, 0.29) is 0 Å². The fourth-order valence-electron chi connectivity index (χ4n) is 1.43. The van der Waals surface area contributed by atoms with Crippen LogP contribution in [0.25, 0.3) is 0 Å². The maximum absolute atomic E-state index is 8.66. The van der Waals surface area contributed by atoms with Gasteiger partial charge in [0.25, 0.3) is 0 Å². The van der Waals surface area contributed by atoms with Crippen molar-refractivity contribution in [3.8, 4) is 0 Å². The summed E-state index contributed by atoms with van der Waals surface area (Å²) in [5.41, 5.74) is 0. The Balaban J connectivity index is 2.18. The van der Waals surface area contributed by atoms with Gasteiger partial charge in [0.2, 0.25) is 0 Å². The topological polar surface area (TPSA) is 23.5 Å². The summed E-state index contributed by atoms with van der Waals surface area (Å²) >= 11 is 5.33. The molecule has 0 aromatic carbocycles. The summed E-state index contributed by atoms with van der Waals surface area (Å²) in [5.74, 6) is 0. The zero-order valence-corrected chi connectivity index (χ0v) is 11.5. The highest BCUT2D eigenvalue weighted by Crippen LogP contribution is 2.23. The van der Waals surface area contributed by atoms with Crippen molar-refractivity contribution < 1.29 is 5.11 Å². The van der Waals surface area contributed by atoms with Gasteiger partial charge in [-0.15, -0.1) is 11.3 Å². The Morgan fingerprint density at radius 3 is 2.80 bits per heavy atom. The molecule has 1 aromatic heterocycles. The third-order valence-electron chi connectivity index (χ3n) is 2.30. The summed E-state index contributed by atoms with van der Waals surface area (Å²) in [4.78, 5) is 3.72. The SMILES string of the molecule is CN(CCCCCO)Cc1sccc1Br. The number of thiophene rings is 1. The number of halogens is 1. The van der Waals surface area contributed by atoms with E-state index in [0.29, 0.717) is 6.61 Å². The highest BCUT2D eigenvalue weighted by Gasteiger charge is 2.04. The molecule has 1 aromatic rings. The van der Waals surface area contributed by atoms with Crippen LogP contribution in [0.3, 0.4) is 0 Å². The lowest BCUT2D eigenvalue weighted by molar-refractivity contribution is 0.271. The molecular formula is C11H18BrNOS. The summed E-state index contributed by atoms with van der Waals surface area (Å²) < 4.78 is 1.22. The van der Waals surface area contributed by atoms with Crippen LogP contribution in [-0.4, -0.2) is 30.2 Å². The molecule has 0 aliphatic carbocycles. The minimum Gasteiger partial charge on any atom is -0.396 e. The molecule has 2 nitrogen and oxygen atoms in total. The van der Waals surface area contributed by atoms with E-state index < -0.39 is 0 Å². The molecule has 1 heterocycles. The normalized spacial score (nSPS) is 11.2. The minimum absolute atomic E-state index is 0.320. The van der Waals surface area contributed by atoms with Gasteiger partial charge in [-0.1, -0.05) is 0 Å². The summed E-state index contributed by atoms with van der Waals surface area (Å²) in [5, 5.41) is 10.8. The molecule has 86 valence electrons. The third-order valence-corrected chi connectivity index (χ3v) is 4.21. The fourth-order valence-corrected chi connectivity index (χ4v) is 2.99. The Hall–Kier alpha value is 0.100. The van der Waals surface area contributed by atoms with Crippen molar-refractivity contribution in [2.24, 2.45) is 0 Å². The van der Waals surface area contributed by atoms with E-state index >= 15 is 0 Å². The van der Waals surface area contributed by atoms with Gasteiger partial charge in [0.05, 0.1) is 0 Å². The van der Waals surface area contributed by atoms with Crippen LogP contribution in [0, 0.1) is 0 Å². The Morgan fingerprint density at radius 1 is 1.40 bits per heavy atom. The lowest BCUT2D eigenvalue weighted by atomic mass is 10.2. The quantitative estimate of drug-likeness (QED) is 0.781. The molecule has 1 rings (SSSR count). The van der Waals surface area contributed by atoms with Crippen LogP contribution in [0.15, 0.2) is 15.9 Å². The van der Waals surface area contributed by atoms with Crippen LogP contribution in [0.2, 0.25) is 0 Å². The largest absolute Gasteiger partial charge is 0.396 e. The molecule has 0 atom stereocenters. The average Bonchev–Trinajstić information content (AvgIpc) is 2.59. The van der Waals surface area contributed by atoms with Crippen molar-refractivity contribution in [3.63, 3.8) is 0 Å². The van der Waals surface area contributed by atoms with Gasteiger partial charge in [0, 0.05) is 22.5 Å². The van der Waals surface area contributed by atoms with Gasteiger partial charge in [0.1, 0.15) is 0 Å². The van der Waals surface area contributed by atoms with E-state index in [0.717, 1.165) is 25.9 Å². The van der Waals surface area contributed by atoms with Crippen LogP contribution in [0.1, 0.15) is 24.1 Å². The van der Waals surface area contributed by atoms with Crippen molar-refractivity contribution >= 4 is 27.3 Å². The Kier molecular flexibility index (Phi) is 6.48. The molecular weight excluding hydrogens is 274 g/mol. The van der Waals surface area contributed by atoms with Gasteiger partial charge in [-0.3, -0.25) is 0 Å². The lowest BCUT2D eigenvalue weighted by Gasteiger charge is -2.15. The molecule has 15 heavy (non-hydrogen) atoms. The first-order chi connectivity index (χ1) is 7.24. The molecule has 0 aliphatic heterocycles. The smallest absolute Gasteiger partial charge is 0.0431 e. The van der Waals surface area contributed by atoms with Crippen molar-refractivity contribution in [2.45, 2.75) is 25.8 Å². The maximum atomic E-state index is 8.66. The second kappa shape index (κ2) is 7.39.